The highest BCUT2D eigenvalue weighted by Crippen LogP contribution is 2.47. The van der Waals surface area contributed by atoms with Crippen LogP contribution in [0, 0.1) is 0 Å². The van der Waals surface area contributed by atoms with Crippen molar-refractivity contribution in [3.05, 3.63) is 35.9 Å². The van der Waals surface area contributed by atoms with E-state index in [1.54, 1.807) is 19.1 Å². The molecule has 2 aliphatic heterocycles. The summed E-state index contributed by atoms with van der Waals surface area (Å²) in [6, 6.07) is 7.90. The second kappa shape index (κ2) is 6.10. The first-order valence-corrected chi connectivity index (χ1v) is 9.66. The van der Waals surface area contributed by atoms with E-state index in [9.17, 15) is 18.0 Å². The molecule has 2 fully saturated rings. The summed E-state index contributed by atoms with van der Waals surface area (Å²) in [7, 11) is -3.77. The van der Waals surface area contributed by atoms with Gasteiger partial charge in [-0.15, -0.1) is 0 Å². The molecule has 0 aromatic heterocycles. The van der Waals surface area contributed by atoms with Crippen LogP contribution in [0.3, 0.4) is 0 Å². The molecule has 0 spiro atoms. The van der Waals surface area contributed by atoms with Crippen LogP contribution in [-0.4, -0.2) is 54.1 Å². The van der Waals surface area contributed by atoms with E-state index < -0.39 is 44.0 Å². The van der Waals surface area contributed by atoms with Crippen LogP contribution < -0.4 is 0 Å². The van der Waals surface area contributed by atoms with Gasteiger partial charge in [-0.1, -0.05) is 30.3 Å². The van der Waals surface area contributed by atoms with Crippen molar-refractivity contribution < 1.29 is 27.5 Å². The Kier molecular flexibility index (Phi) is 4.36. The molecule has 136 valence electrons. The topological polar surface area (TPSA) is 90.0 Å². The summed E-state index contributed by atoms with van der Waals surface area (Å²) < 4.78 is 34.8. The predicted octanol–water partition coefficient (Wildman–Crippen LogP) is 0.879. The summed E-state index contributed by atoms with van der Waals surface area (Å²) in [4.78, 5) is 26.0. The Morgan fingerprint density at radius 1 is 1.24 bits per heavy atom. The molecule has 7 nitrogen and oxygen atoms in total. The summed E-state index contributed by atoms with van der Waals surface area (Å²) in [5.41, 5.74) is 0.785. The van der Waals surface area contributed by atoms with Gasteiger partial charge in [-0.25, -0.2) is 13.2 Å². The summed E-state index contributed by atoms with van der Waals surface area (Å²) in [5.74, 6) is -1.20. The lowest BCUT2D eigenvalue weighted by Crippen LogP contribution is -2.67. The van der Waals surface area contributed by atoms with Gasteiger partial charge in [0.2, 0.25) is 0 Å². The average molecular weight is 367 g/mol. The lowest BCUT2D eigenvalue weighted by atomic mass is 9.97. The van der Waals surface area contributed by atoms with Gasteiger partial charge in [-0.05, 0) is 26.3 Å². The maximum Gasteiger partial charge on any atom is 0.330 e. The van der Waals surface area contributed by atoms with E-state index in [1.165, 1.54) is 13.8 Å². The van der Waals surface area contributed by atoms with Crippen LogP contribution in [0.25, 0.3) is 0 Å². The Labute approximate surface area is 146 Å². The molecule has 8 heteroatoms. The minimum Gasteiger partial charge on any atom is -0.459 e. The molecule has 0 bridgehead atoms. The molecular weight excluding hydrogens is 346 g/mol. The van der Waals surface area contributed by atoms with E-state index in [2.05, 4.69) is 0 Å². The van der Waals surface area contributed by atoms with Crippen LogP contribution in [0.15, 0.2) is 30.3 Å². The van der Waals surface area contributed by atoms with Gasteiger partial charge in [0.15, 0.2) is 21.3 Å². The largest absolute Gasteiger partial charge is 0.459 e. The molecule has 1 aromatic rings. The van der Waals surface area contributed by atoms with E-state index >= 15 is 0 Å². The fourth-order valence-corrected chi connectivity index (χ4v) is 5.57. The molecule has 25 heavy (non-hydrogen) atoms. The minimum absolute atomic E-state index is 0.0217. The van der Waals surface area contributed by atoms with Crippen LogP contribution in [0.5, 0.6) is 0 Å². The van der Waals surface area contributed by atoms with Crippen LogP contribution in [0.4, 0.5) is 0 Å². The lowest BCUT2D eigenvalue weighted by Gasteiger charge is -2.42. The molecule has 0 aliphatic carbocycles. The van der Waals surface area contributed by atoms with Gasteiger partial charge in [-0.3, -0.25) is 4.79 Å². The summed E-state index contributed by atoms with van der Waals surface area (Å²) >= 11 is 0. The molecule has 2 saturated heterocycles. The van der Waals surface area contributed by atoms with Crippen molar-refractivity contribution >= 4 is 21.7 Å². The fraction of sp³-hybridized carbons (Fsp3) is 0.529. The van der Waals surface area contributed by atoms with Crippen LogP contribution in [0.1, 0.15) is 26.3 Å². The van der Waals surface area contributed by atoms with Crippen molar-refractivity contribution in [2.75, 3.05) is 6.61 Å². The zero-order valence-electron chi connectivity index (χ0n) is 14.3. The quantitative estimate of drug-likeness (QED) is 0.567. The second-order valence-electron chi connectivity index (χ2n) is 6.66. The molecule has 0 saturated carbocycles. The van der Waals surface area contributed by atoms with Crippen molar-refractivity contribution in [2.24, 2.45) is 0 Å². The van der Waals surface area contributed by atoms with Crippen LogP contribution in [0.2, 0.25) is 0 Å². The number of amides is 1. The van der Waals surface area contributed by atoms with Crippen molar-refractivity contribution in [1.29, 1.82) is 0 Å². The Bertz CT molecular complexity index is 789. The number of sulfone groups is 1. The number of hydrogen-bond donors (Lipinski definition) is 0. The van der Waals surface area contributed by atoms with Crippen molar-refractivity contribution in [3.63, 3.8) is 0 Å². The van der Waals surface area contributed by atoms with Crippen molar-refractivity contribution in [3.8, 4) is 0 Å². The SMILES string of the molecule is CCOC1C(=O)N2[C@@H](C(=O)OCc3ccccc3)C(C)(C)S(=O)(=O)[C@H]12. The fourth-order valence-electron chi connectivity index (χ4n) is 3.38. The number of ether oxygens (including phenoxy) is 2. The Hall–Kier alpha value is -1.93. The third-order valence-electron chi connectivity index (χ3n) is 4.81. The smallest absolute Gasteiger partial charge is 0.330 e. The average Bonchev–Trinajstić information content (AvgIpc) is 2.72. The van der Waals surface area contributed by atoms with E-state index in [-0.39, 0.29) is 13.2 Å². The monoisotopic (exact) mass is 367 g/mol. The second-order valence-corrected chi connectivity index (χ2v) is 9.28. The lowest BCUT2D eigenvalue weighted by molar-refractivity contribution is -0.177. The molecule has 3 atom stereocenters. The third-order valence-corrected chi connectivity index (χ3v) is 7.61. The summed E-state index contributed by atoms with van der Waals surface area (Å²) in [5, 5.41) is -1.12. The van der Waals surface area contributed by atoms with Gasteiger partial charge >= 0.3 is 5.97 Å². The van der Waals surface area contributed by atoms with Gasteiger partial charge in [0, 0.05) is 6.61 Å². The van der Waals surface area contributed by atoms with Gasteiger partial charge in [0.25, 0.3) is 5.91 Å². The molecule has 2 heterocycles. The highest BCUT2D eigenvalue weighted by molar-refractivity contribution is 7.94. The number of carbonyl (C=O) groups is 2. The van der Waals surface area contributed by atoms with Gasteiger partial charge in [0.05, 0.1) is 0 Å². The van der Waals surface area contributed by atoms with E-state index in [4.69, 9.17) is 9.47 Å². The van der Waals surface area contributed by atoms with Crippen LogP contribution in [-0.2, 0) is 35.5 Å². The summed E-state index contributed by atoms with van der Waals surface area (Å²) in [6.45, 7) is 4.83. The van der Waals surface area contributed by atoms with Crippen LogP contribution >= 0.6 is 0 Å². The number of esters is 1. The van der Waals surface area contributed by atoms with Gasteiger partial charge < -0.3 is 14.4 Å². The van der Waals surface area contributed by atoms with E-state index in [0.29, 0.717) is 0 Å². The van der Waals surface area contributed by atoms with Crippen molar-refractivity contribution in [2.45, 2.75) is 49.6 Å². The molecule has 1 aromatic carbocycles. The minimum atomic E-state index is -3.77. The van der Waals surface area contributed by atoms with Gasteiger partial charge in [-0.2, -0.15) is 0 Å². The zero-order chi connectivity index (χ0) is 18.4. The molecule has 3 rings (SSSR count). The molecule has 0 N–H and O–H groups in total. The number of hydrogen-bond acceptors (Lipinski definition) is 6. The third kappa shape index (κ3) is 2.55. The highest BCUT2D eigenvalue weighted by Gasteiger charge is 2.73. The molecule has 0 radical (unpaired) electrons. The standard InChI is InChI=1S/C17H21NO6S/c1-4-23-12-14(19)18-13(17(2,3)25(21,22)15(12)18)16(20)24-10-11-8-6-5-7-9-11/h5-9,12-13,15H,4,10H2,1-3H3/t12?,13-,15+/m0/s1. The number of β-lactam (4-membered cyclic amide) rings is 1. The normalized spacial score (nSPS) is 29.0. The number of carbonyl (C=O) groups excluding carboxylic acids is 2. The Balaban J connectivity index is 1.83. The number of rotatable bonds is 5. The number of fused-ring (bicyclic) bond motifs is 1. The first kappa shape index (κ1) is 17.9. The summed E-state index contributed by atoms with van der Waals surface area (Å²) in [6.07, 6.45) is -1.04. The molecule has 1 unspecified atom stereocenters. The first-order chi connectivity index (χ1) is 11.7. The van der Waals surface area contributed by atoms with Crippen molar-refractivity contribution in [1.82, 2.24) is 4.90 Å². The maximum absolute atomic E-state index is 12.8. The first-order valence-electron chi connectivity index (χ1n) is 8.11. The highest BCUT2D eigenvalue weighted by atomic mass is 32.2. The van der Waals surface area contributed by atoms with E-state index in [0.717, 1.165) is 10.5 Å². The molecule has 2 aliphatic rings. The predicted molar refractivity (Wildman–Crippen MR) is 89.1 cm³/mol. The van der Waals surface area contributed by atoms with Gasteiger partial charge in [0.1, 0.15) is 17.4 Å². The number of benzene rings is 1. The molecule has 1 amide bonds. The number of nitrogens with zero attached hydrogens (tertiary/aromatic N) is 1. The Morgan fingerprint density at radius 3 is 2.48 bits per heavy atom. The van der Waals surface area contributed by atoms with E-state index in [1.807, 2.05) is 18.2 Å². The zero-order valence-corrected chi connectivity index (χ0v) is 15.2. The Morgan fingerprint density at radius 2 is 1.88 bits per heavy atom. The maximum atomic E-state index is 12.8. The molecular formula is C17H21NO6S.